The van der Waals surface area contributed by atoms with Gasteiger partial charge in [0.1, 0.15) is 6.04 Å². The van der Waals surface area contributed by atoms with E-state index in [0.717, 1.165) is 24.1 Å². The van der Waals surface area contributed by atoms with E-state index in [-0.39, 0.29) is 30.0 Å². The number of carbonyl (C=O) groups excluding carboxylic acids is 4. The number of likely N-dealkylation sites (tertiary alicyclic amines) is 1. The van der Waals surface area contributed by atoms with Crippen molar-refractivity contribution in [1.82, 2.24) is 21.0 Å². The number of hydrogen-bond donors (Lipinski definition) is 6. The molecule has 2 aromatic carbocycles. The number of hydroxylamine groups is 1. The van der Waals surface area contributed by atoms with Crippen LogP contribution in [0.25, 0.3) is 11.1 Å². The quantitative estimate of drug-likeness (QED) is 0.217. The Morgan fingerprint density at radius 3 is 2.19 bits per heavy atom. The van der Waals surface area contributed by atoms with Gasteiger partial charge < -0.3 is 21.1 Å². The van der Waals surface area contributed by atoms with Crippen LogP contribution >= 0.6 is 0 Å². The van der Waals surface area contributed by atoms with Crippen LogP contribution in [0.2, 0.25) is 0 Å². The molecule has 6 N–H and O–H groups in total. The number of benzene rings is 2. The van der Waals surface area contributed by atoms with E-state index in [1.165, 1.54) is 19.3 Å². The molecule has 3 rings (SSSR count). The average molecular weight is 498 g/mol. The van der Waals surface area contributed by atoms with Crippen LogP contribution in [0, 0.1) is 0 Å². The second-order valence-electron chi connectivity index (χ2n) is 8.79. The SMILES string of the molecule is CC(=O)N[C@H]1CCN(CC(=O)Nc2ccc(-c3ccc(C(=O)N[C@H](C(=O)NO)[C@@H](C)O)cc3)cc2)C1. The van der Waals surface area contributed by atoms with Crippen molar-refractivity contribution in [3.63, 3.8) is 0 Å². The Hall–Kier alpha value is -3.80. The molecule has 0 bridgehead atoms. The van der Waals surface area contributed by atoms with Crippen molar-refractivity contribution in [1.29, 1.82) is 0 Å². The summed E-state index contributed by atoms with van der Waals surface area (Å²) in [6, 6.07) is 12.7. The minimum Gasteiger partial charge on any atom is -0.391 e. The lowest BCUT2D eigenvalue weighted by molar-refractivity contribution is -0.133. The number of anilines is 1. The highest BCUT2D eigenvalue weighted by Crippen LogP contribution is 2.22. The number of nitrogens with one attached hydrogen (secondary N) is 4. The van der Waals surface area contributed by atoms with Gasteiger partial charge in [0, 0.05) is 37.3 Å². The summed E-state index contributed by atoms with van der Waals surface area (Å²) in [4.78, 5) is 49.6. The Morgan fingerprint density at radius 1 is 1.03 bits per heavy atom. The van der Waals surface area contributed by atoms with Crippen LogP contribution in [0.4, 0.5) is 5.69 Å². The molecule has 0 unspecified atom stereocenters. The highest BCUT2D eigenvalue weighted by Gasteiger charge is 2.26. The minimum atomic E-state index is -1.30. The summed E-state index contributed by atoms with van der Waals surface area (Å²) in [5.41, 5.74) is 4.07. The van der Waals surface area contributed by atoms with Gasteiger partial charge in [-0.25, -0.2) is 5.48 Å². The van der Waals surface area contributed by atoms with Gasteiger partial charge in [0.05, 0.1) is 12.6 Å². The Labute approximate surface area is 208 Å². The van der Waals surface area contributed by atoms with Crippen molar-refractivity contribution < 1.29 is 29.5 Å². The molecule has 11 heteroatoms. The highest BCUT2D eigenvalue weighted by atomic mass is 16.5. The molecule has 36 heavy (non-hydrogen) atoms. The third kappa shape index (κ3) is 7.35. The maximum atomic E-state index is 12.4. The fourth-order valence-corrected chi connectivity index (χ4v) is 4.04. The van der Waals surface area contributed by atoms with Gasteiger partial charge >= 0.3 is 0 Å². The van der Waals surface area contributed by atoms with Crippen molar-refractivity contribution in [3.05, 3.63) is 54.1 Å². The molecule has 11 nitrogen and oxygen atoms in total. The molecule has 0 aromatic heterocycles. The fourth-order valence-electron chi connectivity index (χ4n) is 4.04. The fraction of sp³-hybridized carbons (Fsp3) is 0.360. The molecule has 4 amide bonds. The topological polar surface area (TPSA) is 160 Å². The van der Waals surface area contributed by atoms with Gasteiger partial charge in [-0.1, -0.05) is 24.3 Å². The van der Waals surface area contributed by atoms with Crippen molar-refractivity contribution in [2.75, 3.05) is 25.0 Å². The van der Waals surface area contributed by atoms with Gasteiger partial charge in [0.2, 0.25) is 11.8 Å². The molecule has 1 saturated heterocycles. The van der Waals surface area contributed by atoms with Gasteiger partial charge in [-0.05, 0) is 48.7 Å². The molecular formula is C25H31N5O6. The van der Waals surface area contributed by atoms with E-state index >= 15 is 0 Å². The maximum Gasteiger partial charge on any atom is 0.268 e. The van der Waals surface area contributed by atoms with Crippen LogP contribution in [0.15, 0.2) is 48.5 Å². The van der Waals surface area contributed by atoms with E-state index in [1.54, 1.807) is 36.4 Å². The lowest BCUT2D eigenvalue weighted by Gasteiger charge is -2.19. The molecule has 192 valence electrons. The van der Waals surface area contributed by atoms with Gasteiger partial charge in [-0.3, -0.25) is 29.3 Å². The molecule has 0 saturated carbocycles. The van der Waals surface area contributed by atoms with E-state index in [1.807, 2.05) is 17.0 Å². The largest absolute Gasteiger partial charge is 0.391 e. The van der Waals surface area contributed by atoms with E-state index in [9.17, 15) is 24.3 Å². The maximum absolute atomic E-state index is 12.4. The summed E-state index contributed by atoms with van der Waals surface area (Å²) >= 11 is 0. The lowest BCUT2D eigenvalue weighted by Crippen LogP contribution is -2.51. The molecule has 3 atom stereocenters. The first kappa shape index (κ1) is 26.8. The second-order valence-corrected chi connectivity index (χ2v) is 8.79. The highest BCUT2D eigenvalue weighted by molar-refractivity contribution is 5.98. The Bertz CT molecular complexity index is 1090. The molecule has 0 radical (unpaired) electrons. The van der Waals surface area contributed by atoms with Crippen molar-refractivity contribution >= 4 is 29.3 Å². The first-order chi connectivity index (χ1) is 17.2. The minimum absolute atomic E-state index is 0.0682. The first-order valence-corrected chi connectivity index (χ1v) is 11.6. The average Bonchev–Trinajstić information content (AvgIpc) is 3.27. The Kier molecular flexibility index (Phi) is 9.12. The number of hydrogen-bond acceptors (Lipinski definition) is 7. The number of aliphatic hydroxyl groups excluding tert-OH is 1. The third-order valence-corrected chi connectivity index (χ3v) is 5.86. The first-order valence-electron chi connectivity index (χ1n) is 11.6. The van der Waals surface area contributed by atoms with Gasteiger partial charge in [-0.2, -0.15) is 0 Å². The van der Waals surface area contributed by atoms with Gasteiger partial charge in [0.25, 0.3) is 11.8 Å². The molecule has 1 aliphatic heterocycles. The third-order valence-electron chi connectivity index (χ3n) is 5.86. The molecule has 0 aliphatic carbocycles. The summed E-state index contributed by atoms with van der Waals surface area (Å²) in [6.45, 7) is 4.45. The molecule has 1 aliphatic rings. The normalized spacial score (nSPS) is 17.1. The van der Waals surface area contributed by atoms with Crippen molar-refractivity contribution in [3.8, 4) is 11.1 Å². The van der Waals surface area contributed by atoms with Crippen LogP contribution in [-0.4, -0.2) is 76.7 Å². The predicted molar refractivity (Wildman–Crippen MR) is 132 cm³/mol. The molecule has 1 heterocycles. The van der Waals surface area contributed by atoms with Crippen LogP contribution in [0.3, 0.4) is 0 Å². The van der Waals surface area contributed by atoms with Crippen LogP contribution in [0.1, 0.15) is 30.6 Å². The number of carbonyl (C=O) groups is 4. The second kappa shape index (κ2) is 12.2. The van der Waals surface area contributed by atoms with Crippen LogP contribution < -0.4 is 21.4 Å². The zero-order valence-corrected chi connectivity index (χ0v) is 20.2. The van der Waals surface area contributed by atoms with Crippen LogP contribution in [0.5, 0.6) is 0 Å². The summed E-state index contributed by atoms with van der Waals surface area (Å²) in [6.07, 6.45) is -0.378. The van der Waals surface area contributed by atoms with E-state index < -0.39 is 24.0 Å². The molecule has 1 fully saturated rings. The summed E-state index contributed by atoms with van der Waals surface area (Å²) in [7, 11) is 0. The zero-order chi connectivity index (χ0) is 26.2. The van der Waals surface area contributed by atoms with Gasteiger partial charge in [0.15, 0.2) is 0 Å². The van der Waals surface area contributed by atoms with E-state index in [0.29, 0.717) is 12.2 Å². The van der Waals surface area contributed by atoms with Crippen LogP contribution in [-0.2, 0) is 14.4 Å². The van der Waals surface area contributed by atoms with Crippen molar-refractivity contribution in [2.24, 2.45) is 0 Å². The summed E-state index contributed by atoms with van der Waals surface area (Å²) in [5, 5.41) is 26.6. The molecule has 2 aromatic rings. The van der Waals surface area contributed by atoms with E-state index in [2.05, 4.69) is 16.0 Å². The predicted octanol–water partition coefficient (Wildman–Crippen LogP) is 0.487. The molecule has 0 spiro atoms. The number of aliphatic hydroxyl groups is 1. The Balaban J connectivity index is 1.54. The number of amides is 4. The summed E-state index contributed by atoms with van der Waals surface area (Å²) < 4.78 is 0. The van der Waals surface area contributed by atoms with Gasteiger partial charge in [-0.15, -0.1) is 0 Å². The van der Waals surface area contributed by atoms with Crippen molar-refractivity contribution in [2.45, 2.75) is 38.5 Å². The zero-order valence-electron chi connectivity index (χ0n) is 20.2. The standard InChI is InChI=1S/C25H31N5O6/c1-15(31)23(25(35)29-36)28-24(34)19-5-3-17(4-6-19)18-7-9-20(10-8-18)27-22(33)14-30-12-11-21(13-30)26-16(2)32/h3-10,15,21,23,31,36H,11-14H2,1-2H3,(H,26,32)(H,27,33)(H,28,34)(H,29,35)/t15-,21+,23+/m1/s1. The lowest BCUT2D eigenvalue weighted by atomic mass is 10.0. The monoisotopic (exact) mass is 497 g/mol. The Morgan fingerprint density at radius 2 is 1.64 bits per heavy atom. The van der Waals surface area contributed by atoms with E-state index in [4.69, 9.17) is 5.21 Å². The number of rotatable bonds is 9. The summed E-state index contributed by atoms with van der Waals surface area (Å²) in [5.74, 6) is -1.69. The molecular weight excluding hydrogens is 466 g/mol. The number of nitrogens with zero attached hydrogens (tertiary/aromatic N) is 1. The smallest absolute Gasteiger partial charge is 0.268 e.